The van der Waals surface area contributed by atoms with Gasteiger partial charge in [0.05, 0.1) is 25.0 Å². The Morgan fingerprint density at radius 3 is 3.10 bits per heavy atom. The van der Waals surface area contributed by atoms with Gasteiger partial charge >= 0.3 is 0 Å². The lowest BCUT2D eigenvalue weighted by Crippen LogP contribution is -2.18. The van der Waals surface area contributed by atoms with Crippen LogP contribution in [0.25, 0.3) is 0 Å². The fourth-order valence-corrected chi connectivity index (χ4v) is 1.90. The highest BCUT2D eigenvalue weighted by Crippen LogP contribution is 2.06. The number of carbonyl (C=O) groups is 1. The van der Waals surface area contributed by atoms with Gasteiger partial charge in [0, 0.05) is 25.8 Å². The molecule has 7 heteroatoms. The number of methoxy groups -OCH3 is 1. The zero-order valence-electron chi connectivity index (χ0n) is 12.0. The molecule has 0 saturated carbocycles. The number of benzene rings is 1. The zero-order chi connectivity index (χ0) is 15.1. The van der Waals surface area contributed by atoms with Gasteiger partial charge < -0.3 is 15.8 Å². The second-order valence-corrected chi connectivity index (χ2v) is 4.64. The zero-order valence-corrected chi connectivity index (χ0v) is 12.0. The average Bonchev–Trinajstić information content (AvgIpc) is 2.91. The average molecular weight is 289 g/mol. The summed E-state index contributed by atoms with van der Waals surface area (Å²) in [6, 6.07) is 7.18. The van der Waals surface area contributed by atoms with Crippen LogP contribution < -0.4 is 11.1 Å². The van der Waals surface area contributed by atoms with Crippen molar-refractivity contribution in [1.82, 2.24) is 20.3 Å². The van der Waals surface area contributed by atoms with Gasteiger partial charge in [0.1, 0.15) is 0 Å². The van der Waals surface area contributed by atoms with Gasteiger partial charge in [-0.05, 0) is 17.7 Å². The maximum absolute atomic E-state index is 11.2. The lowest BCUT2D eigenvalue weighted by Gasteiger charge is -2.03. The summed E-state index contributed by atoms with van der Waals surface area (Å²) in [6.45, 7) is 2.62. The van der Waals surface area contributed by atoms with Gasteiger partial charge in [-0.15, -0.1) is 5.10 Å². The lowest BCUT2D eigenvalue weighted by atomic mass is 10.1. The molecule has 1 aromatic heterocycles. The number of nitrogens with zero attached hydrogens (tertiary/aromatic N) is 3. The predicted octanol–water partition coefficient (Wildman–Crippen LogP) is 0.161. The summed E-state index contributed by atoms with van der Waals surface area (Å²) in [6.07, 6.45) is 1.87. The largest absolute Gasteiger partial charge is 0.383 e. The van der Waals surface area contributed by atoms with Crippen molar-refractivity contribution in [2.45, 2.75) is 13.1 Å². The van der Waals surface area contributed by atoms with Crippen molar-refractivity contribution in [3.8, 4) is 0 Å². The summed E-state index contributed by atoms with van der Waals surface area (Å²) in [4.78, 5) is 11.2. The number of carbonyl (C=O) groups excluding carboxylic acids is 1. The number of hydrogen-bond donors (Lipinski definition) is 2. The first-order chi connectivity index (χ1) is 10.2. The summed E-state index contributed by atoms with van der Waals surface area (Å²) >= 11 is 0. The van der Waals surface area contributed by atoms with Crippen LogP contribution in [0, 0.1) is 0 Å². The molecule has 2 aromatic rings. The highest BCUT2D eigenvalue weighted by Gasteiger charge is 2.04. The van der Waals surface area contributed by atoms with Crippen LogP contribution in [0.4, 0.5) is 0 Å². The Hall–Kier alpha value is -2.25. The van der Waals surface area contributed by atoms with Crippen LogP contribution in [0.1, 0.15) is 21.6 Å². The van der Waals surface area contributed by atoms with Crippen LogP contribution in [0.3, 0.4) is 0 Å². The topological polar surface area (TPSA) is 95.1 Å². The van der Waals surface area contributed by atoms with E-state index in [1.54, 1.807) is 30.0 Å². The lowest BCUT2D eigenvalue weighted by molar-refractivity contribution is 0.1000. The molecule has 7 nitrogen and oxygen atoms in total. The third-order valence-corrected chi connectivity index (χ3v) is 2.93. The van der Waals surface area contributed by atoms with E-state index >= 15 is 0 Å². The van der Waals surface area contributed by atoms with Crippen molar-refractivity contribution in [3.63, 3.8) is 0 Å². The molecule has 0 spiro atoms. The molecule has 0 aliphatic heterocycles. The maximum Gasteiger partial charge on any atom is 0.248 e. The van der Waals surface area contributed by atoms with Crippen LogP contribution in [0.2, 0.25) is 0 Å². The van der Waals surface area contributed by atoms with Gasteiger partial charge in [0.2, 0.25) is 5.91 Å². The Labute approximate surface area is 123 Å². The first-order valence-corrected chi connectivity index (χ1v) is 6.66. The van der Waals surface area contributed by atoms with Crippen molar-refractivity contribution in [2.75, 3.05) is 20.3 Å². The standard InChI is InChI=1S/C14H19N5O2/c1-21-6-5-16-8-13-10-19(18-17-13)9-11-3-2-4-12(7-11)14(15)20/h2-4,7,10,16H,5-6,8-9H2,1H3,(H2,15,20). The van der Waals surface area contributed by atoms with E-state index in [0.29, 0.717) is 25.3 Å². The predicted molar refractivity (Wildman–Crippen MR) is 77.7 cm³/mol. The number of ether oxygens (including phenoxy) is 1. The first-order valence-electron chi connectivity index (χ1n) is 6.66. The van der Waals surface area contributed by atoms with E-state index in [0.717, 1.165) is 17.8 Å². The molecule has 0 saturated heterocycles. The normalized spacial score (nSPS) is 10.7. The van der Waals surface area contributed by atoms with Crippen LogP contribution in [-0.2, 0) is 17.8 Å². The SMILES string of the molecule is COCCNCc1cn(Cc2cccc(C(N)=O)c2)nn1. The molecule has 1 heterocycles. The fraction of sp³-hybridized carbons (Fsp3) is 0.357. The quantitative estimate of drug-likeness (QED) is 0.675. The summed E-state index contributed by atoms with van der Waals surface area (Å²) in [7, 11) is 1.66. The molecule has 3 N–H and O–H groups in total. The van der Waals surface area contributed by atoms with Crippen molar-refractivity contribution in [2.24, 2.45) is 5.73 Å². The molecular formula is C14H19N5O2. The minimum atomic E-state index is -0.432. The summed E-state index contributed by atoms with van der Waals surface area (Å²) < 4.78 is 6.68. The van der Waals surface area contributed by atoms with Gasteiger partial charge in [-0.3, -0.25) is 4.79 Å². The second kappa shape index (κ2) is 7.51. The number of nitrogens with one attached hydrogen (secondary N) is 1. The van der Waals surface area contributed by atoms with Gasteiger partial charge in [-0.25, -0.2) is 4.68 Å². The van der Waals surface area contributed by atoms with Crippen molar-refractivity contribution in [3.05, 3.63) is 47.3 Å². The molecule has 0 fully saturated rings. The van der Waals surface area contributed by atoms with Crippen LogP contribution in [0.5, 0.6) is 0 Å². The van der Waals surface area contributed by atoms with Crippen LogP contribution in [0.15, 0.2) is 30.5 Å². The number of aromatic nitrogens is 3. The minimum Gasteiger partial charge on any atom is -0.383 e. The van der Waals surface area contributed by atoms with E-state index in [1.165, 1.54) is 0 Å². The van der Waals surface area contributed by atoms with Gasteiger partial charge in [-0.2, -0.15) is 0 Å². The summed E-state index contributed by atoms with van der Waals surface area (Å²) in [5.41, 5.74) is 7.57. The van der Waals surface area contributed by atoms with Gasteiger partial charge in [-0.1, -0.05) is 17.3 Å². The Morgan fingerprint density at radius 1 is 1.48 bits per heavy atom. The Kier molecular flexibility index (Phi) is 5.42. The van der Waals surface area contributed by atoms with E-state index in [-0.39, 0.29) is 0 Å². The molecule has 21 heavy (non-hydrogen) atoms. The molecule has 0 aliphatic carbocycles. The molecule has 2 rings (SSSR count). The Morgan fingerprint density at radius 2 is 2.33 bits per heavy atom. The van der Waals surface area contributed by atoms with Crippen molar-refractivity contribution < 1.29 is 9.53 Å². The van der Waals surface area contributed by atoms with Crippen LogP contribution in [-0.4, -0.2) is 41.2 Å². The third-order valence-electron chi connectivity index (χ3n) is 2.93. The molecule has 0 atom stereocenters. The van der Waals surface area contributed by atoms with E-state index < -0.39 is 5.91 Å². The highest BCUT2D eigenvalue weighted by molar-refractivity contribution is 5.92. The molecular weight excluding hydrogens is 270 g/mol. The van der Waals surface area contributed by atoms with E-state index in [2.05, 4.69) is 15.6 Å². The Bertz CT molecular complexity index is 597. The first kappa shape index (κ1) is 15.1. The monoisotopic (exact) mass is 289 g/mol. The number of amides is 1. The molecule has 1 aromatic carbocycles. The van der Waals surface area contributed by atoms with Crippen LogP contribution >= 0.6 is 0 Å². The third kappa shape index (κ3) is 4.66. The van der Waals surface area contributed by atoms with E-state index in [4.69, 9.17) is 10.5 Å². The molecule has 0 radical (unpaired) electrons. The molecule has 0 aliphatic rings. The number of rotatable bonds is 8. The molecule has 1 amide bonds. The van der Waals surface area contributed by atoms with E-state index in [9.17, 15) is 4.79 Å². The number of primary amides is 1. The smallest absolute Gasteiger partial charge is 0.248 e. The minimum absolute atomic E-state index is 0.432. The van der Waals surface area contributed by atoms with Gasteiger partial charge in [0.25, 0.3) is 0 Å². The van der Waals surface area contributed by atoms with E-state index in [1.807, 2.05) is 12.3 Å². The second-order valence-electron chi connectivity index (χ2n) is 4.64. The summed E-state index contributed by atoms with van der Waals surface area (Å²) in [5.74, 6) is -0.432. The molecule has 0 unspecified atom stereocenters. The number of nitrogens with two attached hydrogens (primary N) is 1. The summed E-state index contributed by atoms with van der Waals surface area (Å²) in [5, 5.41) is 11.4. The van der Waals surface area contributed by atoms with Gasteiger partial charge in [0.15, 0.2) is 0 Å². The van der Waals surface area contributed by atoms with Crippen molar-refractivity contribution in [1.29, 1.82) is 0 Å². The maximum atomic E-state index is 11.2. The number of hydrogen-bond acceptors (Lipinski definition) is 5. The Balaban J connectivity index is 1.93. The fourth-order valence-electron chi connectivity index (χ4n) is 1.90. The highest BCUT2D eigenvalue weighted by atomic mass is 16.5. The molecule has 0 bridgehead atoms. The van der Waals surface area contributed by atoms with Crippen molar-refractivity contribution >= 4 is 5.91 Å². The molecule has 112 valence electrons.